The van der Waals surface area contributed by atoms with Crippen LogP contribution in [0.3, 0.4) is 0 Å². The molecule has 1 amide bonds. The van der Waals surface area contributed by atoms with Crippen LogP contribution >= 0.6 is 11.3 Å². The molecule has 0 radical (unpaired) electrons. The summed E-state index contributed by atoms with van der Waals surface area (Å²) in [6.07, 6.45) is 0. The molecule has 10 heteroatoms. The van der Waals surface area contributed by atoms with E-state index >= 15 is 0 Å². The van der Waals surface area contributed by atoms with Crippen molar-refractivity contribution in [2.75, 3.05) is 24.7 Å². The second-order valence-electron chi connectivity index (χ2n) is 7.80. The lowest BCUT2D eigenvalue weighted by Gasteiger charge is -2.23. The second kappa shape index (κ2) is 10.8. The van der Waals surface area contributed by atoms with Crippen molar-refractivity contribution in [2.45, 2.75) is 33.7 Å². The number of anilines is 1. The van der Waals surface area contributed by atoms with Crippen LogP contribution in [0.1, 0.15) is 42.9 Å². The summed E-state index contributed by atoms with van der Waals surface area (Å²) in [6.45, 7) is 8.69. The van der Waals surface area contributed by atoms with Crippen LogP contribution in [0.4, 0.5) is 5.13 Å². The van der Waals surface area contributed by atoms with Crippen molar-refractivity contribution in [1.29, 1.82) is 0 Å². The van der Waals surface area contributed by atoms with E-state index < -0.39 is 17.7 Å². The summed E-state index contributed by atoms with van der Waals surface area (Å²) >= 11 is 1.19. The molecule has 0 bridgehead atoms. The van der Waals surface area contributed by atoms with Crippen molar-refractivity contribution in [3.8, 4) is 17.2 Å². The van der Waals surface area contributed by atoms with Crippen LogP contribution in [0.15, 0.2) is 48.0 Å². The molecule has 1 atom stereocenters. The van der Waals surface area contributed by atoms with Gasteiger partial charge in [-0.3, -0.25) is 14.5 Å². The van der Waals surface area contributed by atoms with Crippen molar-refractivity contribution < 1.29 is 28.9 Å². The Morgan fingerprint density at radius 3 is 2.22 bits per heavy atom. The summed E-state index contributed by atoms with van der Waals surface area (Å²) in [7, 11) is 0. The van der Waals surface area contributed by atoms with Crippen LogP contribution in [0.2, 0.25) is 0 Å². The first-order valence-corrected chi connectivity index (χ1v) is 12.4. The van der Waals surface area contributed by atoms with Gasteiger partial charge in [-0.2, -0.15) is 0 Å². The van der Waals surface area contributed by atoms with Crippen LogP contribution in [0, 0.1) is 6.92 Å². The smallest absolute Gasteiger partial charge is 0.301 e. The molecule has 188 valence electrons. The van der Waals surface area contributed by atoms with E-state index in [-0.39, 0.29) is 16.5 Å². The molecule has 1 aliphatic heterocycles. The molecule has 1 unspecified atom stereocenters. The molecule has 1 aliphatic rings. The van der Waals surface area contributed by atoms with Crippen molar-refractivity contribution in [3.05, 3.63) is 64.2 Å². The highest BCUT2D eigenvalue weighted by Crippen LogP contribution is 2.44. The maximum atomic E-state index is 13.3. The minimum absolute atomic E-state index is 0.0522. The fourth-order valence-corrected chi connectivity index (χ4v) is 4.71. The molecule has 1 aromatic heterocycles. The largest absolute Gasteiger partial charge is 0.507 e. The third-order valence-corrected chi connectivity index (χ3v) is 6.33. The van der Waals surface area contributed by atoms with Gasteiger partial charge >= 0.3 is 5.91 Å². The highest BCUT2D eigenvalue weighted by molar-refractivity contribution is 7.15. The number of rotatable bonds is 9. The van der Waals surface area contributed by atoms with E-state index in [1.165, 1.54) is 16.2 Å². The van der Waals surface area contributed by atoms with E-state index in [1.54, 1.807) is 49.4 Å². The van der Waals surface area contributed by atoms with Crippen molar-refractivity contribution >= 4 is 33.9 Å². The number of ether oxygens (including phenoxy) is 3. The normalized spacial score (nSPS) is 16.9. The van der Waals surface area contributed by atoms with E-state index in [0.717, 1.165) is 0 Å². The van der Waals surface area contributed by atoms with Gasteiger partial charge in [0, 0.05) is 5.56 Å². The maximum absolute atomic E-state index is 13.3. The summed E-state index contributed by atoms with van der Waals surface area (Å²) in [6, 6.07) is 10.9. The summed E-state index contributed by atoms with van der Waals surface area (Å²) in [4.78, 5) is 27.8. The Bertz CT molecular complexity index is 1300. The average molecular weight is 510 g/mol. The molecule has 2 heterocycles. The monoisotopic (exact) mass is 509 g/mol. The SMILES string of the molecule is CCOc1ccc(C(O)=C2C(=O)C(=O)N(c3nnc(C)s3)C2c2ccc(OCC)c(OCC)c2)cc1. The fraction of sp³-hybridized carbons (Fsp3) is 0.308. The number of amides is 1. The van der Waals surface area contributed by atoms with Gasteiger partial charge < -0.3 is 19.3 Å². The molecular weight excluding hydrogens is 482 g/mol. The van der Waals surface area contributed by atoms with Gasteiger partial charge in [-0.25, -0.2) is 0 Å². The first-order chi connectivity index (χ1) is 17.4. The number of aromatic nitrogens is 2. The number of ketones is 1. The number of carbonyl (C=O) groups excluding carboxylic acids is 2. The fourth-order valence-electron chi connectivity index (χ4n) is 4.00. The van der Waals surface area contributed by atoms with Crippen molar-refractivity contribution in [1.82, 2.24) is 10.2 Å². The molecule has 3 aromatic rings. The predicted molar refractivity (Wildman–Crippen MR) is 136 cm³/mol. The Morgan fingerprint density at radius 1 is 0.944 bits per heavy atom. The number of aryl methyl sites for hydroxylation is 1. The number of hydrogen-bond donors (Lipinski definition) is 1. The third kappa shape index (κ3) is 4.76. The van der Waals surface area contributed by atoms with Gasteiger partial charge in [0.1, 0.15) is 16.5 Å². The highest BCUT2D eigenvalue weighted by Gasteiger charge is 2.48. The molecule has 0 saturated carbocycles. The van der Waals surface area contributed by atoms with Gasteiger partial charge in [-0.1, -0.05) is 17.4 Å². The summed E-state index contributed by atoms with van der Waals surface area (Å²) < 4.78 is 16.9. The third-order valence-electron chi connectivity index (χ3n) is 5.49. The lowest BCUT2D eigenvalue weighted by atomic mass is 9.95. The van der Waals surface area contributed by atoms with E-state index in [4.69, 9.17) is 14.2 Å². The van der Waals surface area contributed by atoms with E-state index in [2.05, 4.69) is 10.2 Å². The first kappa shape index (κ1) is 25.2. The number of carbonyl (C=O) groups is 2. The molecule has 0 aliphatic carbocycles. The highest BCUT2D eigenvalue weighted by atomic mass is 32.1. The minimum atomic E-state index is -0.946. The maximum Gasteiger partial charge on any atom is 0.301 e. The van der Waals surface area contributed by atoms with Crippen LogP contribution < -0.4 is 19.1 Å². The Morgan fingerprint density at radius 2 is 1.61 bits per heavy atom. The van der Waals surface area contributed by atoms with Crippen LogP contribution in [-0.4, -0.2) is 46.8 Å². The van der Waals surface area contributed by atoms with Crippen LogP contribution in [-0.2, 0) is 9.59 Å². The molecule has 9 nitrogen and oxygen atoms in total. The zero-order chi connectivity index (χ0) is 25.8. The standard InChI is InChI=1S/C26H27N3O6S/c1-5-33-18-11-8-16(9-12-18)23(30)21-22(17-10-13-19(34-6-2)20(14-17)35-7-3)29(25(32)24(21)31)26-28-27-15(4)36-26/h8-14,22,30H,5-7H2,1-4H3. The van der Waals surface area contributed by atoms with Gasteiger partial charge in [-0.05, 0) is 69.7 Å². The molecule has 2 aromatic carbocycles. The van der Waals surface area contributed by atoms with Gasteiger partial charge in [0.2, 0.25) is 5.13 Å². The topological polar surface area (TPSA) is 111 Å². The number of nitrogens with zero attached hydrogens (tertiary/aromatic N) is 3. The summed E-state index contributed by atoms with van der Waals surface area (Å²) in [5.41, 5.74) is 0.885. The van der Waals surface area contributed by atoms with E-state index in [1.807, 2.05) is 20.8 Å². The van der Waals surface area contributed by atoms with Crippen LogP contribution in [0.5, 0.6) is 17.2 Å². The van der Waals surface area contributed by atoms with Crippen molar-refractivity contribution in [2.24, 2.45) is 0 Å². The van der Waals surface area contributed by atoms with E-state index in [0.29, 0.717) is 53.2 Å². The lowest BCUT2D eigenvalue weighted by Crippen LogP contribution is -2.29. The predicted octanol–water partition coefficient (Wildman–Crippen LogP) is 4.67. The molecule has 1 fully saturated rings. The van der Waals surface area contributed by atoms with Gasteiger partial charge in [0.25, 0.3) is 5.78 Å². The zero-order valence-electron chi connectivity index (χ0n) is 20.5. The number of aliphatic hydroxyl groups is 1. The van der Waals surface area contributed by atoms with E-state index in [9.17, 15) is 14.7 Å². The van der Waals surface area contributed by atoms with Gasteiger partial charge in [0.05, 0.1) is 31.4 Å². The Hall–Kier alpha value is -3.92. The second-order valence-corrected chi connectivity index (χ2v) is 8.96. The Balaban J connectivity index is 1.89. The van der Waals surface area contributed by atoms with Crippen molar-refractivity contribution in [3.63, 3.8) is 0 Å². The van der Waals surface area contributed by atoms with Gasteiger partial charge in [-0.15, -0.1) is 10.2 Å². The number of aliphatic hydroxyl groups excluding tert-OH is 1. The zero-order valence-corrected chi connectivity index (χ0v) is 21.3. The molecule has 4 rings (SSSR count). The quantitative estimate of drug-likeness (QED) is 0.252. The first-order valence-electron chi connectivity index (χ1n) is 11.6. The Kier molecular flexibility index (Phi) is 7.54. The lowest BCUT2D eigenvalue weighted by molar-refractivity contribution is -0.132. The van der Waals surface area contributed by atoms with Crippen LogP contribution in [0.25, 0.3) is 5.76 Å². The Labute approximate surface area is 212 Å². The molecule has 0 spiro atoms. The summed E-state index contributed by atoms with van der Waals surface area (Å²) in [5, 5.41) is 20.3. The number of hydrogen-bond acceptors (Lipinski definition) is 9. The molecule has 1 saturated heterocycles. The van der Waals surface area contributed by atoms with Gasteiger partial charge in [0.15, 0.2) is 11.5 Å². The number of benzene rings is 2. The minimum Gasteiger partial charge on any atom is -0.507 e. The summed E-state index contributed by atoms with van der Waals surface area (Å²) in [5.74, 6) is -0.267. The molecular formula is C26H27N3O6S. The average Bonchev–Trinajstić information content (AvgIpc) is 3.41. The molecule has 36 heavy (non-hydrogen) atoms. The molecule has 1 N–H and O–H groups in total. The number of Topliss-reactive ketones (excluding diaryl/α,β-unsaturated/α-hetero) is 1.